The van der Waals surface area contributed by atoms with E-state index < -0.39 is 0 Å². The maximum absolute atomic E-state index is 10.1. The molecule has 3 nitrogen and oxygen atoms in total. The highest BCUT2D eigenvalue weighted by atomic mass is 16.3. The second-order valence-electron chi connectivity index (χ2n) is 4.27. The van der Waals surface area contributed by atoms with Gasteiger partial charge in [0, 0.05) is 12.4 Å². The first-order valence-electron chi connectivity index (χ1n) is 5.46. The third kappa shape index (κ3) is 1.43. The van der Waals surface area contributed by atoms with Crippen molar-refractivity contribution in [2.75, 3.05) is 0 Å². The number of rotatable bonds is 2. The lowest BCUT2D eigenvalue weighted by atomic mass is 9.80. The van der Waals surface area contributed by atoms with Gasteiger partial charge in [0.15, 0.2) is 0 Å². The van der Waals surface area contributed by atoms with Gasteiger partial charge in [0.25, 0.3) is 0 Å². The average molecular weight is 202 g/mol. The summed E-state index contributed by atoms with van der Waals surface area (Å²) >= 11 is 0. The topological polar surface area (TPSA) is 37.5 Å². The van der Waals surface area contributed by atoms with Crippen LogP contribution < -0.4 is 0 Å². The van der Waals surface area contributed by atoms with Crippen molar-refractivity contribution < 1.29 is 5.11 Å². The zero-order valence-electron chi connectivity index (χ0n) is 8.50. The fourth-order valence-electron chi connectivity index (χ4n) is 2.09. The molecule has 2 aromatic rings. The molecule has 1 aliphatic carbocycles. The number of fused-ring (bicyclic) bond motifs is 1. The number of pyridine rings is 1. The number of aliphatic hydroxyl groups excluding tert-OH is 1. The van der Waals surface area contributed by atoms with Gasteiger partial charge in [-0.1, -0.05) is 12.5 Å². The van der Waals surface area contributed by atoms with Crippen LogP contribution in [0.1, 0.15) is 31.1 Å². The highest BCUT2D eigenvalue weighted by Gasteiger charge is 2.28. The minimum absolute atomic E-state index is 0.376. The standard InChI is InChI=1S/C12H14N2O/c15-12(9-4-3-5-9)10-8-14-7-2-1-6-11(14)13-10/h1-2,6-9,12,15H,3-5H2. The van der Waals surface area contributed by atoms with E-state index in [4.69, 9.17) is 0 Å². The summed E-state index contributed by atoms with van der Waals surface area (Å²) in [4.78, 5) is 4.43. The van der Waals surface area contributed by atoms with E-state index in [-0.39, 0.29) is 6.10 Å². The molecule has 1 N–H and O–H groups in total. The summed E-state index contributed by atoms with van der Waals surface area (Å²) < 4.78 is 1.96. The van der Waals surface area contributed by atoms with Gasteiger partial charge in [-0.25, -0.2) is 4.98 Å². The van der Waals surface area contributed by atoms with Crippen molar-refractivity contribution in [3.05, 3.63) is 36.3 Å². The highest BCUT2D eigenvalue weighted by molar-refractivity contribution is 5.39. The first kappa shape index (κ1) is 8.92. The number of hydrogen-bond acceptors (Lipinski definition) is 2. The first-order valence-corrected chi connectivity index (χ1v) is 5.46. The van der Waals surface area contributed by atoms with E-state index in [1.807, 2.05) is 35.0 Å². The summed E-state index contributed by atoms with van der Waals surface area (Å²) in [6.45, 7) is 0. The predicted octanol–water partition coefficient (Wildman–Crippen LogP) is 2.17. The van der Waals surface area contributed by atoms with Crippen molar-refractivity contribution in [2.24, 2.45) is 5.92 Å². The molecule has 3 heteroatoms. The van der Waals surface area contributed by atoms with Crippen LogP contribution >= 0.6 is 0 Å². The largest absolute Gasteiger partial charge is 0.386 e. The molecule has 0 bridgehead atoms. The van der Waals surface area contributed by atoms with Crippen molar-refractivity contribution in [3.63, 3.8) is 0 Å². The van der Waals surface area contributed by atoms with Crippen molar-refractivity contribution in [2.45, 2.75) is 25.4 Å². The predicted molar refractivity (Wildman–Crippen MR) is 57.5 cm³/mol. The lowest BCUT2D eigenvalue weighted by Crippen LogP contribution is -2.20. The van der Waals surface area contributed by atoms with Crippen molar-refractivity contribution in [1.29, 1.82) is 0 Å². The molecule has 0 aliphatic heterocycles. The Morgan fingerprint density at radius 3 is 2.93 bits per heavy atom. The lowest BCUT2D eigenvalue weighted by Gasteiger charge is -2.29. The normalized spacial score (nSPS) is 19.0. The number of aromatic nitrogens is 2. The van der Waals surface area contributed by atoms with Gasteiger partial charge in [-0.15, -0.1) is 0 Å². The summed E-state index contributed by atoms with van der Waals surface area (Å²) in [5.41, 5.74) is 1.72. The van der Waals surface area contributed by atoms with E-state index in [2.05, 4.69) is 4.98 Å². The maximum atomic E-state index is 10.1. The second-order valence-corrected chi connectivity index (χ2v) is 4.27. The summed E-state index contributed by atoms with van der Waals surface area (Å²) in [6.07, 6.45) is 7.02. The molecule has 0 amide bonds. The molecule has 1 unspecified atom stereocenters. The van der Waals surface area contributed by atoms with Crippen LogP contribution in [0, 0.1) is 5.92 Å². The molecule has 1 aliphatic rings. The van der Waals surface area contributed by atoms with Gasteiger partial charge in [0.2, 0.25) is 0 Å². The van der Waals surface area contributed by atoms with Gasteiger partial charge in [-0.05, 0) is 30.9 Å². The third-order valence-electron chi connectivity index (χ3n) is 3.28. The first-order chi connectivity index (χ1) is 7.34. The number of hydrogen-bond donors (Lipinski definition) is 1. The van der Waals surface area contributed by atoms with Crippen molar-refractivity contribution in [1.82, 2.24) is 9.38 Å². The molecule has 15 heavy (non-hydrogen) atoms. The van der Waals surface area contributed by atoms with Gasteiger partial charge < -0.3 is 9.51 Å². The Kier molecular flexibility index (Phi) is 1.99. The summed E-state index contributed by atoms with van der Waals surface area (Å²) in [5.74, 6) is 0.426. The van der Waals surface area contributed by atoms with Gasteiger partial charge in [-0.2, -0.15) is 0 Å². The fraction of sp³-hybridized carbons (Fsp3) is 0.417. The summed E-state index contributed by atoms with van der Waals surface area (Å²) in [5, 5.41) is 10.1. The molecule has 0 radical (unpaired) electrons. The van der Waals surface area contributed by atoms with Crippen LogP contribution in [-0.4, -0.2) is 14.5 Å². The number of imidazole rings is 1. The molecule has 0 spiro atoms. The van der Waals surface area contributed by atoms with Gasteiger partial charge in [0.1, 0.15) is 11.8 Å². The van der Waals surface area contributed by atoms with Crippen LogP contribution in [0.25, 0.3) is 5.65 Å². The van der Waals surface area contributed by atoms with E-state index in [0.29, 0.717) is 5.92 Å². The monoisotopic (exact) mass is 202 g/mol. The Balaban J connectivity index is 1.96. The van der Waals surface area contributed by atoms with E-state index in [0.717, 1.165) is 24.2 Å². The molecular weight excluding hydrogens is 188 g/mol. The third-order valence-corrected chi connectivity index (χ3v) is 3.28. The molecule has 78 valence electrons. The minimum Gasteiger partial charge on any atom is -0.386 e. The number of nitrogens with zero attached hydrogens (tertiary/aromatic N) is 2. The molecule has 3 rings (SSSR count). The van der Waals surface area contributed by atoms with Crippen LogP contribution in [0.3, 0.4) is 0 Å². The number of aliphatic hydroxyl groups is 1. The Labute approximate surface area is 88.4 Å². The highest BCUT2D eigenvalue weighted by Crippen LogP contribution is 2.37. The Bertz CT molecular complexity index is 440. The van der Waals surface area contributed by atoms with Gasteiger partial charge in [0.05, 0.1) is 5.69 Å². The van der Waals surface area contributed by atoms with E-state index >= 15 is 0 Å². The lowest BCUT2D eigenvalue weighted by molar-refractivity contribution is 0.0591. The van der Waals surface area contributed by atoms with Crippen LogP contribution in [-0.2, 0) is 0 Å². The van der Waals surface area contributed by atoms with Crippen molar-refractivity contribution >= 4 is 5.65 Å². The SMILES string of the molecule is OC(c1cn2ccccc2n1)C1CCC1. The van der Waals surface area contributed by atoms with Crippen LogP contribution in [0.2, 0.25) is 0 Å². The van der Waals surface area contributed by atoms with Crippen LogP contribution in [0.4, 0.5) is 0 Å². The summed E-state index contributed by atoms with van der Waals surface area (Å²) in [6, 6.07) is 5.88. The molecule has 1 fully saturated rings. The zero-order valence-corrected chi connectivity index (χ0v) is 8.50. The second kappa shape index (κ2) is 3.35. The maximum Gasteiger partial charge on any atom is 0.137 e. The Morgan fingerprint density at radius 1 is 1.40 bits per heavy atom. The van der Waals surface area contributed by atoms with Gasteiger partial charge >= 0.3 is 0 Å². The summed E-state index contributed by atoms with van der Waals surface area (Å²) in [7, 11) is 0. The molecule has 2 heterocycles. The van der Waals surface area contributed by atoms with Crippen LogP contribution in [0.15, 0.2) is 30.6 Å². The van der Waals surface area contributed by atoms with E-state index in [1.54, 1.807) is 0 Å². The van der Waals surface area contributed by atoms with Crippen LogP contribution in [0.5, 0.6) is 0 Å². The molecule has 1 saturated carbocycles. The Hall–Kier alpha value is -1.35. The zero-order chi connectivity index (χ0) is 10.3. The molecule has 0 saturated heterocycles. The fourth-order valence-corrected chi connectivity index (χ4v) is 2.09. The van der Waals surface area contributed by atoms with Crippen molar-refractivity contribution in [3.8, 4) is 0 Å². The average Bonchev–Trinajstić information content (AvgIpc) is 2.58. The minimum atomic E-state index is -0.376. The smallest absolute Gasteiger partial charge is 0.137 e. The van der Waals surface area contributed by atoms with E-state index in [1.165, 1.54) is 6.42 Å². The Morgan fingerprint density at radius 2 is 2.27 bits per heavy atom. The molecular formula is C12H14N2O. The molecule has 1 atom stereocenters. The molecule has 2 aromatic heterocycles. The quantitative estimate of drug-likeness (QED) is 0.810. The van der Waals surface area contributed by atoms with E-state index in [9.17, 15) is 5.11 Å². The van der Waals surface area contributed by atoms with Gasteiger partial charge in [-0.3, -0.25) is 0 Å². The molecule has 0 aromatic carbocycles.